The first-order valence-corrected chi connectivity index (χ1v) is 22.3. The fourth-order valence-electron chi connectivity index (χ4n) is 8.90. The Labute approximate surface area is 383 Å². The first-order chi connectivity index (χ1) is 32.3. The number of hydrogen-bond acceptors (Lipinski definition) is 3. The summed E-state index contributed by atoms with van der Waals surface area (Å²) in [6, 6.07) is 72.7. The predicted molar refractivity (Wildman–Crippen MR) is 278 cm³/mol. The van der Waals surface area contributed by atoms with Gasteiger partial charge >= 0.3 is 0 Å². The normalized spacial score (nSPS) is 11.1. The van der Waals surface area contributed by atoms with Gasteiger partial charge in [0.05, 0.1) is 22.1 Å². The Morgan fingerprint density at radius 1 is 0.348 bits per heavy atom. The Bertz CT molecular complexity index is 3880. The molecule has 14 aromatic rings. The van der Waals surface area contributed by atoms with Crippen molar-refractivity contribution in [3.05, 3.63) is 229 Å². The van der Waals surface area contributed by atoms with Crippen molar-refractivity contribution in [2.75, 3.05) is 0 Å². The predicted octanol–water partition coefficient (Wildman–Crippen LogP) is 16.1. The minimum Gasteiger partial charge on any atom is -0.456 e. The third kappa shape index (κ3) is 7.94. The molecule has 322 valence electrons. The molecule has 0 saturated carbocycles. The van der Waals surface area contributed by atoms with Crippen LogP contribution in [0.25, 0.3) is 93.5 Å². The molecule has 0 aliphatic heterocycles. The number of aryl methyl sites for hydroxylation is 5. The van der Waals surface area contributed by atoms with Gasteiger partial charge in [0.2, 0.25) is 5.78 Å². The molecule has 0 unspecified atom stereocenters. The second-order valence-corrected chi connectivity index (χ2v) is 16.7. The van der Waals surface area contributed by atoms with Crippen LogP contribution in [0.4, 0.5) is 0 Å². The largest absolute Gasteiger partial charge is 0.456 e. The maximum Gasteiger partial charge on any atom is 0.215 e. The van der Waals surface area contributed by atoms with E-state index in [-0.39, 0.29) is 0 Å². The molecule has 0 atom stereocenters. The van der Waals surface area contributed by atoms with Crippen molar-refractivity contribution in [3.8, 4) is 0 Å². The number of fused-ring (bicyclic) bond motifs is 14. The number of para-hydroxylation sites is 9. The molecule has 14 rings (SSSR count). The second-order valence-electron chi connectivity index (χ2n) is 16.7. The molecule has 6 nitrogen and oxygen atoms in total. The van der Waals surface area contributed by atoms with Crippen LogP contribution in [0, 0.1) is 20.8 Å². The maximum absolute atomic E-state index is 5.78. The van der Waals surface area contributed by atoms with Crippen molar-refractivity contribution in [1.29, 1.82) is 0 Å². The third-order valence-corrected chi connectivity index (χ3v) is 12.2. The summed E-state index contributed by atoms with van der Waals surface area (Å²) in [5.41, 5.74) is 14.9. The summed E-state index contributed by atoms with van der Waals surface area (Å²) in [6.45, 7) is 6.26. The van der Waals surface area contributed by atoms with Crippen molar-refractivity contribution in [3.63, 3.8) is 0 Å². The van der Waals surface area contributed by atoms with Crippen LogP contribution >= 0.6 is 0 Å². The SMILES string of the molecule is Cc1ccc2oc3ccccc3c2c1.Cc1cccc2c1oc1ccccc12.Cc1ccccc1.Cn1c2ccccc2c2ccccc21.Cn1c2ccccc2n2c3ccccc3nc12. The van der Waals surface area contributed by atoms with Crippen molar-refractivity contribution in [2.45, 2.75) is 20.8 Å². The average molecular weight is 859 g/mol. The summed E-state index contributed by atoms with van der Waals surface area (Å²) >= 11 is 0. The summed E-state index contributed by atoms with van der Waals surface area (Å²) in [6.07, 6.45) is 0. The Morgan fingerprint density at radius 3 is 1.50 bits per heavy atom. The molecule has 0 radical (unpaired) electrons. The summed E-state index contributed by atoms with van der Waals surface area (Å²) in [7, 11) is 4.17. The highest BCUT2D eigenvalue weighted by Gasteiger charge is 2.13. The van der Waals surface area contributed by atoms with Crippen LogP contribution in [0.5, 0.6) is 0 Å². The number of aromatic nitrogens is 4. The summed E-state index contributed by atoms with van der Waals surface area (Å²) < 4.78 is 18.1. The van der Waals surface area contributed by atoms with E-state index in [9.17, 15) is 0 Å². The van der Waals surface area contributed by atoms with Gasteiger partial charge in [-0.2, -0.15) is 0 Å². The van der Waals surface area contributed by atoms with Gasteiger partial charge in [0.15, 0.2) is 0 Å². The van der Waals surface area contributed by atoms with Crippen LogP contribution in [-0.2, 0) is 14.1 Å². The van der Waals surface area contributed by atoms with Crippen molar-refractivity contribution < 1.29 is 8.83 Å². The van der Waals surface area contributed by atoms with Gasteiger partial charge in [-0.25, -0.2) is 4.98 Å². The molecule has 0 N–H and O–H groups in total. The lowest BCUT2D eigenvalue weighted by molar-refractivity contribution is 0.666. The lowest BCUT2D eigenvalue weighted by Crippen LogP contribution is -1.87. The number of rotatable bonds is 0. The van der Waals surface area contributed by atoms with Gasteiger partial charge in [0.1, 0.15) is 22.3 Å². The maximum atomic E-state index is 5.78. The van der Waals surface area contributed by atoms with Gasteiger partial charge in [0, 0.05) is 57.4 Å². The van der Waals surface area contributed by atoms with Gasteiger partial charge in [-0.1, -0.05) is 163 Å². The summed E-state index contributed by atoms with van der Waals surface area (Å²) in [4.78, 5) is 4.68. The first kappa shape index (κ1) is 41.6. The Hall–Kier alpha value is -8.35. The van der Waals surface area contributed by atoms with Crippen LogP contribution in [0.2, 0.25) is 0 Å². The molecule has 9 aromatic carbocycles. The molecule has 0 amide bonds. The van der Waals surface area contributed by atoms with Gasteiger partial charge in [-0.3, -0.25) is 4.40 Å². The quantitative estimate of drug-likeness (QED) is 0.153. The van der Waals surface area contributed by atoms with Crippen molar-refractivity contribution in [2.24, 2.45) is 14.1 Å². The highest BCUT2D eigenvalue weighted by molar-refractivity contribution is 6.08. The molecule has 0 fully saturated rings. The van der Waals surface area contributed by atoms with Crippen molar-refractivity contribution >= 4 is 93.5 Å². The molecule has 0 aliphatic rings. The minimum atomic E-state index is 0.966. The van der Waals surface area contributed by atoms with E-state index < -0.39 is 0 Å². The number of furan rings is 2. The zero-order valence-electron chi connectivity index (χ0n) is 37.8. The van der Waals surface area contributed by atoms with Crippen LogP contribution in [0.3, 0.4) is 0 Å². The van der Waals surface area contributed by atoms with Crippen LogP contribution in [0.15, 0.2) is 221 Å². The third-order valence-electron chi connectivity index (χ3n) is 12.2. The second kappa shape index (κ2) is 18.0. The molecule has 6 heteroatoms. The zero-order valence-corrected chi connectivity index (χ0v) is 37.8. The Kier molecular flexibility index (Phi) is 11.4. The molecule has 66 heavy (non-hydrogen) atoms. The van der Waals surface area contributed by atoms with Gasteiger partial charge < -0.3 is 18.0 Å². The molecule has 0 spiro atoms. The molecular formula is C60H50N4O2. The van der Waals surface area contributed by atoms with Gasteiger partial charge in [-0.15, -0.1) is 0 Å². The summed E-state index contributed by atoms with van der Waals surface area (Å²) in [5.74, 6) is 0.993. The zero-order chi connectivity index (χ0) is 45.1. The van der Waals surface area contributed by atoms with Crippen LogP contribution < -0.4 is 0 Å². The van der Waals surface area contributed by atoms with E-state index in [1.54, 1.807) is 0 Å². The Morgan fingerprint density at radius 2 is 0.848 bits per heavy atom. The number of benzene rings is 9. The molecular weight excluding hydrogens is 809 g/mol. The van der Waals surface area contributed by atoms with E-state index in [1.807, 2.05) is 66.7 Å². The number of hydrogen-bond donors (Lipinski definition) is 0. The summed E-state index contributed by atoms with van der Waals surface area (Å²) in [5, 5.41) is 7.50. The van der Waals surface area contributed by atoms with Gasteiger partial charge in [-0.05, 0) is 87.0 Å². The monoisotopic (exact) mass is 858 g/mol. The molecule has 5 aromatic heterocycles. The van der Waals surface area contributed by atoms with E-state index in [0.717, 1.165) is 33.6 Å². The molecule has 5 heterocycles. The van der Waals surface area contributed by atoms with E-state index in [2.05, 4.69) is 199 Å². The first-order valence-electron chi connectivity index (χ1n) is 22.3. The smallest absolute Gasteiger partial charge is 0.215 e. The minimum absolute atomic E-state index is 0.966. The lowest BCUT2D eigenvalue weighted by Gasteiger charge is -1.95. The fraction of sp³-hybridized carbons (Fsp3) is 0.0833. The fourth-order valence-corrected chi connectivity index (χ4v) is 8.90. The standard InChI is InChI=1S/C14H11N3.C13H11N.2C13H10O.C7H8/c1-16-12-8-4-5-9-13(12)17-11-7-3-2-6-10(11)15-14(16)17;1-14-12-8-4-2-6-10(12)11-7-3-5-9-13(11)14;1-9-5-4-7-11-10-6-2-3-8-12(10)14-13(9)11;1-9-6-7-13-11(8-9)10-4-2-3-5-12(10)14-13;1-7-5-3-2-4-6-7/h2-9H,1H3;2-9H,1H3;2*2-8H,1H3;2-6H,1H3. The Balaban J connectivity index is 0.0000000989. The van der Waals surface area contributed by atoms with E-state index in [1.165, 1.54) is 76.6 Å². The number of imidazole rings is 2. The van der Waals surface area contributed by atoms with Crippen LogP contribution in [-0.4, -0.2) is 18.5 Å². The average Bonchev–Trinajstić information content (AvgIpc) is 4.17. The van der Waals surface area contributed by atoms with E-state index in [0.29, 0.717) is 0 Å². The molecule has 0 saturated heterocycles. The number of nitrogens with zero attached hydrogens (tertiary/aromatic N) is 4. The topological polar surface area (TPSA) is 53.4 Å². The molecule has 0 aliphatic carbocycles. The van der Waals surface area contributed by atoms with E-state index in [4.69, 9.17) is 8.83 Å². The highest BCUT2D eigenvalue weighted by atomic mass is 16.3. The van der Waals surface area contributed by atoms with Crippen molar-refractivity contribution in [1.82, 2.24) is 18.5 Å². The lowest BCUT2D eigenvalue weighted by atomic mass is 10.1. The highest BCUT2D eigenvalue weighted by Crippen LogP contribution is 2.31. The molecule has 0 bridgehead atoms. The van der Waals surface area contributed by atoms with E-state index >= 15 is 0 Å². The van der Waals surface area contributed by atoms with Gasteiger partial charge in [0.25, 0.3) is 0 Å². The van der Waals surface area contributed by atoms with Crippen LogP contribution in [0.1, 0.15) is 16.7 Å².